The Morgan fingerprint density at radius 3 is 2.67 bits per heavy atom. The molecule has 1 saturated heterocycles. The van der Waals surface area contributed by atoms with Crippen LogP contribution in [0, 0.1) is 5.92 Å². The lowest BCUT2D eigenvalue weighted by Crippen LogP contribution is -2.42. The van der Waals surface area contributed by atoms with Crippen LogP contribution in [0.15, 0.2) is 0 Å². The normalized spacial score (nSPS) is 23.9. The first-order valence-electron chi connectivity index (χ1n) is 6.03. The van der Waals surface area contributed by atoms with Crippen LogP contribution in [-0.2, 0) is 9.53 Å². The van der Waals surface area contributed by atoms with Crippen LogP contribution in [0.1, 0.15) is 46.5 Å². The average molecular weight is 213 g/mol. The van der Waals surface area contributed by atoms with Crippen LogP contribution in [0.25, 0.3) is 0 Å². The maximum Gasteiger partial charge on any atom is 0.323 e. The van der Waals surface area contributed by atoms with Crippen molar-refractivity contribution in [2.45, 2.75) is 58.6 Å². The largest absolute Gasteiger partial charge is 0.462 e. The number of hydrogen-bond acceptors (Lipinski definition) is 3. The molecule has 1 rings (SSSR count). The molecule has 3 nitrogen and oxygen atoms in total. The van der Waals surface area contributed by atoms with Gasteiger partial charge >= 0.3 is 5.97 Å². The highest BCUT2D eigenvalue weighted by Crippen LogP contribution is 2.12. The van der Waals surface area contributed by atoms with Crippen LogP contribution in [0.4, 0.5) is 0 Å². The maximum atomic E-state index is 11.7. The Bertz CT molecular complexity index is 198. The summed E-state index contributed by atoms with van der Waals surface area (Å²) in [6.07, 6.45) is 4.21. The second kappa shape index (κ2) is 6.11. The first-order valence-corrected chi connectivity index (χ1v) is 6.03. The predicted octanol–water partition coefficient (Wildman–Crippen LogP) is 2.11. The standard InChI is InChI=1S/C12H23NO2/c1-9(2)8-10(3)15-12(14)11-6-4-5-7-13-11/h9-11,13H,4-8H2,1-3H3. The van der Waals surface area contributed by atoms with Gasteiger partial charge in [0.1, 0.15) is 6.04 Å². The molecule has 0 saturated carbocycles. The maximum absolute atomic E-state index is 11.7. The van der Waals surface area contributed by atoms with Gasteiger partial charge in [0.25, 0.3) is 0 Å². The molecule has 0 radical (unpaired) electrons. The van der Waals surface area contributed by atoms with Crippen molar-refractivity contribution in [1.82, 2.24) is 5.32 Å². The van der Waals surface area contributed by atoms with Crippen LogP contribution in [0.3, 0.4) is 0 Å². The van der Waals surface area contributed by atoms with Gasteiger partial charge in [0.05, 0.1) is 6.10 Å². The minimum atomic E-state index is -0.0668. The van der Waals surface area contributed by atoms with E-state index >= 15 is 0 Å². The van der Waals surface area contributed by atoms with Gasteiger partial charge in [0.2, 0.25) is 0 Å². The summed E-state index contributed by atoms with van der Waals surface area (Å²) in [5, 5.41) is 3.20. The quantitative estimate of drug-likeness (QED) is 0.727. The molecule has 1 aliphatic heterocycles. The second-order valence-corrected chi connectivity index (χ2v) is 4.88. The molecule has 1 heterocycles. The van der Waals surface area contributed by atoms with E-state index in [2.05, 4.69) is 19.2 Å². The minimum Gasteiger partial charge on any atom is -0.462 e. The molecule has 0 aromatic carbocycles. The van der Waals surface area contributed by atoms with E-state index in [1.165, 1.54) is 6.42 Å². The van der Waals surface area contributed by atoms with Gasteiger partial charge in [-0.05, 0) is 38.6 Å². The molecule has 1 fully saturated rings. The van der Waals surface area contributed by atoms with E-state index in [9.17, 15) is 4.79 Å². The van der Waals surface area contributed by atoms with Crippen molar-refractivity contribution in [3.8, 4) is 0 Å². The summed E-state index contributed by atoms with van der Waals surface area (Å²) < 4.78 is 5.40. The Hall–Kier alpha value is -0.570. The van der Waals surface area contributed by atoms with Gasteiger partial charge in [-0.25, -0.2) is 0 Å². The molecule has 15 heavy (non-hydrogen) atoms. The number of carbonyl (C=O) groups is 1. The van der Waals surface area contributed by atoms with Crippen LogP contribution in [0.5, 0.6) is 0 Å². The summed E-state index contributed by atoms with van der Waals surface area (Å²) in [5.41, 5.74) is 0. The lowest BCUT2D eigenvalue weighted by molar-refractivity contribution is -0.152. The summed E-state index contributed by atoms with van der Waals surface area (Å²) in [5.74, 6) is 0.509. The van der Waals surface area contributed by atoms with Crippen LogP contribution in [-0.4, -0.2) is 24.7 Å². The van der Waals surface area contributed by atoms with Gasteiger partial charge in [-0.2, -0.15) is 0 Å². The van der Waals surface area contributed by atoms with Crippen LogP contribution >= 0.6 is 0 Å². The van der Waals surface area contributed by atoms with Crippen molar-refractivity contribution >= 4 is 5.97 Å². The Kier molecular flexibility index (Phi) is 5.09. The van der Waals surface area contributed by atoms with Crippen LogP contribution in [0.2, 0.25) is 0 Å². The third-order valence-corrected chi connectivity index (χ3v) is 2.72. The first-order chi connectivity index (χ1) is 7.09. The molecule has 0 aromatic rings. The number of carbonyl (C=O) groups excluding carboxylic acids is 1. The molecule has 2 atom stereocenters. The Morgan fingerprint density at radius 1 is 1.40 bits per heavy atom. The van der Waals surface area contributed by atoms with Crippen molar-refractivity contribution in [3.63, 3.8) is 0 Å². The zero-order chi connectivity index (χ0) is 11.3. The highest BCUT2D eigenvalue weighted by molar-refractivity contribution is 5.76. The van der Waals surface area contributed by atoms with Crippen LogP contribution < -0.4 is 5.32 Å². The molecule has 0 aromatic heterocycles. The fourth-order valence-electron chi connectivity index (χ4n) is 2.05. The van der Waals surface area contributed by atoms with Gasteiger partial charge < -0.3 is 10.1 Å². The molecule has 0 bridgehead atoms. The molecule has 1 N–H and O–H groups in total. The van der Waals surface area contributed by atoms with Crippen molar-refractivity contribution in [2.24, 2.45) is 5.92 Å². The Morgan fingerprint density at radius 2 is 2.13 bits per heavy atom. The number of nitrogens with one attached hydrogen (secondary N) is 1. The van der Waals surface area contributed by atoms with Gasteiger partial charge in [0.15, 0.2) is 0 Å². The van der Waals surface area contributed by atoms with Crippen molar-refractivity contribution in [2.75, 3.05) is 6.54 Å². The average Bonchev–Trinajstić information content (AvgIpc) is 2.17. The summed E-state index contributed by atoms with van der Waals surface area (Å²) in [7, 11) is 0. The van der Waals surface area contributed by atoms with Gasteiger partial charge in [-0.3, -0.25) is 4.79 Å². The summed E-state index contributed by atoms with van der Waals surface area (Å²) in [6, 6.07) is -0.0617. The zero-order valence-electron chi connectivity index (χ0n) is 10.1. The first kappa shape index (κ1) is 12.5. The number of piperidine rings is 1. The summed E-state index contributed by atoms with van der Waals surface area (Å²) in [4.78, 5) is 11.7. The smallest absolute Gasteiger partial charge is 0.323 e. The van der Waals surface area contributed by atoms with E-state index in [4.69, 9.17) is 4.74 Å². The monoisotopic (exact) mass is 213 g/mol. The molecule has 0 spiro atoms. The van der Waals surface area contributed by atoms with E-state index in [-0.39, 0.29) is 18.1 Å². The number of esters is 1. The van der Waals surface area contributed by atoms with Gasteiger partial charge in [-0.15, -0.1) is 0 Å². The summed E-state index contributed by atoms with van der Waals surface area (Å²) >= 11 is 0. The highest BCUT2D eigenvalue weighted by Gasteiger charge is 2.23. The molecule has 88 valence electrons. The molecular formula is C12H23NO2. The molecule has 0 aliphatic carbocycles. The fourth-order valence-corrected chi connectivity index (χ4v) is 2.05. The molecule has 2 unspecified atom stereocenters. The van der Waals surface area contributed by atoms with Gasteiger partial charge in [0, 0.05) is 0 Å². The van der Waals surface area contributed by atoms with E-state index < -0.39 is 0 Å². The topological polar surface area (TPSA) is 38.3 Å². The van der Waals surface area contributed by atoms with E-state index in [1.807, 2.05) is 6.92 Å². The van der Waals surface area contributed by atoms with E-state index in [1.54, 1.807) is 0 Å². The highest BCUT2D eigenvalue weighted by atomic mass is 16.5. The third kappa shape index (κ3) is 4.65. The van der Waals surface area contributed by atoms with E-state index in [0.717, 1.165) is 25.8 Å². The predicted molar refractivity (Wildman–Crippen MR) is 60.7 cm³/mol. The Labute approximate surface area is 92.6 Å². The fraction of sp³-hybridized carbons (Fsp3) is 0.917. The lowest BCUT2D eigenvalue weighted by Gasteiger charge is -2.24. The van der Waals surface area contributed by atoms with Gasteiger partial charge in [-0.1, -0.05) is 20.3 Å². The molecular weight excluding hydrogens is 190 g/mol. The molecule has 3 heteroatoms. The number of hydrogen-bond donors (Lipinski definition) is 1. The zero-order valence-corrected chi connectivity index (χ0v) is 10.1. The SMILES string of the molecule is CC(C)CC(C)OC(=O)C1CCCCN1. The van der Waals surface area contributed by atoms with Crippen molar-refractivity contribution < 1.29 is 9.53 Å². The lowest BCUT2D eigenvalue weighted by atomic mass is 10.0. The minimum absolute atomic E-state index is 0.0428. The second-order valence-electron chi connectivity index (χ2n) is 4.88. The number of rotatable bonds is 4. The van der Waals surface area contributed by atoms with E-state index in [0.29, 0.717) is 5.92 Å². The third-order valence-electron chi connectivity index (χ3n) is 2.72. The number of ether oxygens (including phenoxy) is 1. The van der Waals surface area contributed by atoms with Crippen molar-refractivity contribution in [1.29, 1.82) is 0 Å². The summed E-state index contributed by atoms with van der Waals surface area (Å²) in [6.45, 7) is 7.20. The Balaban J connectivity index is 2.27. The molecule has 0 amide bonds. The molecule has 1 aliphatic rings. The van der Waals surface area contributed by atoms with Crippen molar-refractivity contribution in [3.05, 3.63) is 0 Å².